The summed E-state index contributed by atoms with van der Waals surface area (Å²) in [5, 5.41) is 4.54. The Morgan fingerprint density at radius 2 is 2.11 bits per heavy atom. The van der Waals surface area contributed by atoms with Crippen LogP contribution in [0.15, 0.2) is 28.8 Å². The van der Waals surface area contributed by atoms with Crippen LogP contribution in [0.1, 0.15) is 17.0 Å². The van der Waals surface area contributed by atoms with Gasteiger partial charge in [0.25, 0.3) is 0 Å². The summed E-state index contributed by atoms with van der Waals surface area (Å²) in [5.41, 5.74) is 1.75. The Bertz CT molecular complexity index is 525. The van der Waals surface area contributed by atoms with E-state index in [4.69, 9.17) is 25.6 Å². The Hall–Kier alpha value is -1.52. The summed E-state index contributed by atoms with van der Waals surface area (Å²) < 4.78 is 15.7. The Morgan fingerprint density at radius 1 is 1.28 bits per heavy atom. The van der Waals surface area contributed by atoms with Crippen molar-refractivity contribution in [1.82, 2.24) is 5.16 Å². The fourth-order valence-corrected chi connectivity index (χ4v) is 1.68. The Balaban J connectivity index is 1.99. The first kappa shape index (κ1) is 12.9. The van der Waals surface area contributed by atoms with Crippen LogP contribution in [-0.2, 0) is 18.0 Å². The normalized spacial score (nSPS) is 10.6. The zero-order valence-corrected chi connectivity index (χ0v) is 11.0. The first-order valence-corrected chi connectivity index (χ1v) is 5.89. The molecule has 0 aliphatic heterocycles. The number of aromatic nitrogens is 1. The number of ether oxygens (including phenoxy) is 2. The van der Waals surface area contributed by atoms with Crippen molar-refractivity contribution in [3.63, 3.8) is 0 Å². The van der Waals surface area contributed by atoms with Crippen LogP contribution in [-0.4, -0.2) is 12.3 Å². The number of halogens is 1. The maximum absolute atomic E-state index is 5.91. The molecule has 0 radical (unpaired) electrons. The van der Waals surface area contributed by atoms with E-state index in [9.17, 15) is 0 Å². The molecule has 5 heteroatoms. The molecule has 0 aliphatic rings. The molecule has 0 saturated carbocycles. The van der Waals surface area contributed by atoms with Crippen molar-refractivity contribution in [2.45, 2.75) is 20.1 Å². The van der Waals surface area contributed by atoms with Crippen molar-refractivity contribution in [2.75, 3.05) is 7.11 Å². The Labute approximate surface area is 110 Å². The summed E-state index contributed by atoms with van der Waals surface area (Å²) in [6.45, 7) is 2.71. The van der Waals surface area contributed by atoms with E-state index in [1.165, 1.54) is 0 Å². The molecule has 0 N–H and O–H groups in total. The second-order valence-corrected chi connectivity index (χ2v) is 4.35. The minimum atomic E-state index is 0.342. The number of hydrogen-bond donors (Lipinski definition) is 0. The van der Waals surface area contributed by atoms with Crippen molar-refractivity contribution in [3.05, 3.63) is 46.3 Å². The molecular weight excluding hydrogens is 254 g/mol. The quantitative estimate of drug-likeness (QED) is 0.833. The van der Waals surface area contributed by atoms with Crippen molar-refractivity contribution in [2.24, 2.45) is 0 Å². The summed E-state index contributed by atoms with van der Waals surface area (Å²) >= 11 is 5.91. The van der Waals surface area contributed by atoms with E-state index in [1.807, 2.05) is 25.1 Å². The molecule has 1 heterocycles. The topological polar surface area (TPSA) is 44.5 Å². The molecule has 2 aromatic rings. The molecule has 0 saturated heterocycles. The SMILES string of the molecule is COCc1cc(COc2cc(Cl)ccc2C)no1. The summed E-state index contributed by atoms with van der Waals surface area (Å²) in [5.74, 6) is 1.43. The lowest BCUT2D eigenvalue weighted by Gasteiger charge is -2.07. The zero-order valence-electron chi connectivity index (χ0n) is 10.3. The maximum Gasteiger partial charge on any atom is 0.162 e. The minimum Gasteiger partial charge on any atom is -0.487 e. The fourth-order valence-electron chi connectivity index (χ4n) is 1.52. The number of methoxy groups -OCH3 is 1. The van der Waals surface area contributed by atoms with Gasteiger partial charge in [-0.1, -0.05) is 22.8 Å². The molecule has 2 rings (SSSR count). The van der Waals surface area contributed by atoms with Gasteiger partial charge in [0, 0.05) is 18.2 Å². The highest BCUT2D eigenvalue weighted by Crippen LogP contribution is 2.23. The van der Waals surface area contributed by atoms with Gasteiger partial charge in [-0.3, -0.25) is 0 Å². The van der Waals surface area contributed by atoms with Gasteiger partial charge in [-0.05, 0) is 24.6 Å². The van der Waals surface area contributed by atoms with Gasteiger partial charge in [0.05, 0.1) is 0 Å². The summed E-state index contributed by atoms with van der Waals surface area (Å²) in [7, 11) is 1.61. The van der Waals surface area contributed by atoms with Crippen LogP contribution in [0.5, 0.6) is 5.75 Å². The Kier molecular flexibility index (Phi) is 4.23. The van der Waals surface area contributed by atoms with Crippen LogP contribution in [0.4, 0.5) is 0 Å². The standard InChI is InChI=1S/C13H14ClNO3/c1-9-3-4-10(14)5-13(9)17-7-11-6-12(8-16-2)18-15-11/h3-6H,7-8H2,1-2H3. The summed E-state index contributed by atoms with van der Waals surface area (Å²) in [4.78, 5) is 0. The van der Waals surface area contributed by atoms with E-state index in [2.05, 4.69) is 5.16 Å². The first-order chi connectivity index (χ1) is 8.69. The van der Waals surface area contributed by atoms with Gasteiger partial charge in [-0.25, -0.2) is 0 Å². The molecule has 1 aromatic carbocycles. The molecule has 0 spiro atoms. The van der Waals surface area contributed by atoms with Crippen LogP contribution >= 0.6 is 11.6 Å². The van der Waals surface area contributed by atoms with Crippen molar-refractivity contribution in [3.8, 4) is 5.75 Å². The van der Waals surface area contributed by atoms with Crippen LogP contribution in [0, 0.1) is 6.92 Å². The van der Waals surface area contributed by atoms with Gasteiger partial charge in [0.2, 0.25) is 0 Å². The van der Waals surface area contributed by atoms with Gasteiger partial charge >= 0.3 is 0 Å². The van der Waals surface area contributed by atoms with Gasteiger partial charge in [0.15, 0.2) is 5.76 Å². The number of hydrogen-bond acceptors (Lipinski definition) is 4. The van der Waals surface area contributed by atoms with E-state index in [0.29, 0.717) is 24.0 Å². The number of rotatable bonds is 5. The number of benzene rings is 1. The monoisotopic (exact) mass is 267 g/mol. The van der Waals surface area contributed by atoms with E-state index in [1.54, 1.807) is 13.2 Å². The second kappa shape index (κ2) is 5.89. The lowest BCUT2D eigenvalue weighted by atomic mass is 10.2. The fraction of sp³-hybridized carbons (Fsp3) is 0.308. The largest absolute Gasteiger partial charge is 0.487 e. The van der Waals surface area contributed by atoms with E-state index in [-0.39, 0.29) is 0 Å². The van der Waals surface area contributed by atoms with Crippen molar-refractivity contribution < 1.29 is 14.0 Å². The molecule has 0 fully saturated rings. The van der Waals surface area contributed by atoms with Crippen LogP contribution in [0.25, 0.3) is 0 Å². The highest BCUT2D eigenvalue weighted by molar-refractivity contribution is 6.30. The van der Waals surface area contributed by atoms with E-state index in [0.717, 1.165) is 17.0 Å². The maximum atomic E-state index is 5.91. The van der Waals surface area contributed by atoms with Crippen LogP contribution < -0.4 is 4.74 Å². The molecule has 18 heavy (non-hydrogen) atoms. The molecule has 0 amide bonds. The predicted octanol–water partition coefficient (Wildman–Crippen LogP) is 3.36. The van der Waals surface area contributed by atoms with Crippen LogP contribution in [0.3, 0.4) is 0 Å². The molecule has 0 aliphatic carbocycles. The molecule has 4 nitrogen and oxygen atoms in total. The summed E-state index contributed by atoms with van der Waals surface area (Å²) in [6, 6.07) is 7.34. The summed E-state index contributed by atoms with van der Waals surface area (Å²) in [6.07, 6.45) is 0. The van der Waals surface area contributed by atoms with Gasteiger partial charge < -0.3 is 14.0 Å². The third-order valence-corrected chi connectivity index (χ3v) is 2.66. The number of nitrogens with zero attached hydrogens (tertiary/aromatic N) is 1. The second-order valence-electron chi connectivity index (χ2n) is 3.92. The molecule has 96 valence electrons. The zero-order chi connectivity index (χ0) is 13.0. The van der Waals surface area contributed by atoms with Gasteiger partial charge in [-0.2, -0.15) is 0 Å². The van der Waals surface area contributed by atoms with Gasteiger partial charge in [-0.15, -0.1) is 0 Å². The highest BCUT2D eigenvalue weighted by atomic mass is 35.5. The van der Waals surface area contributed by atoms with E-state index >= 15 is 0 Å². The smallest absolute Gasteiger partial charge is 0.162 e. The minimum absolute atomic E-state index is 0.342. The lowest BCUT2D eigenvalue weighted by molar-refractivity contribution is 0.155. The molecule has 0 unspecified atom stereocenters. The molecule has 0 bridgehead atoms. The van der Waals surface area contributed by atoms with Crippen molar-refractivity contribution >= 4 is 11.6 Å². The molecule has 0 atom stereocenters. The predicted molar refractivity (Wildman–Crippen MR) is 67.7 cm³/mol. The van der Waals surface area contributed by atoms with Gasteiger partial charge in [0.1, 0.15) is 24.7 Å². The lowest BCUT2D eigenvalue weighted by Crippen LogP contribution is -1.97. The Morgan fingerprint density at radius 3 is 2.89 bits per heavy atom. The molecule has 1 aromatic heterocycles. The first-order valence-electron chi connectivity index (χ1n) is 5.51. The third kappa shape index (κ3) is 3.24. The average Bonchev–Trinajstić information content (AvgIpc) is 2.79. The van der Waals surface area contributed by atoms with Crippen molar-refractivity contribution in [1.29, 1.82) is 0 Å². The third-order valence-electron chi connectivity index (χ3n) is 2.42. The average molecular weight is 268 g/mol. The van der Waals surface area contributed by atoms with E-state index < -0.39 is 0 Å². The molecular formula is C13H14ClNO3. The highest BCUT2D eigenvalue weighted by Gasteiger charge is 2.06. The number of aryl methyl sites for hydroxylation is 1. The van der Waals surface area contributed by atoms with Crippen LogP contribution in [0.2, 0.25) is 5.02 Å².